The van der Waals surface area contributed by atoms with Crippen LogP contribution in [0.15, 0.2) is 24.3 Å². The zero-order valence-corrected chi connectivity index (χ0v) is 36.4. The molecule has 0 heterocycles. The SMILES string of the molecule is CCCCCCCC/C=C\CCCCCCCCCC(=O)NC(CO)C(O)C(O)CCC/C=C/CCCCCCCCCCCCCCCCCCCC. The number of hydrogen-bond donors (Lipinski definition) is 4. The van der Waals surface area contributed by atoms with Crippen LogP contribution >= 0.6 is 0 Å². The van der Waals surface area contributed by atoms with E-state index >= 15 is 0 Å². The summed E-state index contributed by atoms with van der Waals surface area (Å²) in [6, 6.07) is -0.826. The summed E-state index contributed by atoms with van der Waals surface area (Å²) in [4.78, 5) is 12.4. The molecule has 0 aromatic rings. The Labute approximate surface area is 337 Å². The highest BCUT2D eigenvalue weighted by molar-refractivity contribution is 5.76. The maximum atomic E-state index is 12.4. The molecule has 5 heteroatoms. The van der Waals surface area contributed by atoms with Gasteiger partial charge in [-0.1, -0.05) is 212 Å². The zero-order valence-electron chi connectivity index (χ0n) is 36.4. The van der Waals surface area contributed by atoms with Gasteiger partial charge >= 0.3 is 0 Å². The van der Waals surface area contributed by atoms with E-state index in [-0.39, 0.29) is 12.5 Å². The summed E-state index contributed by atoms with van der Waals surface area (Å²) in [6.45, 7) is 4.18. The van der Waals surface area contributed by atoms with Crippen LogP contribution in [0.25, 0.3) is 0 Å². The Balaban J connectivity index is 3.62. The van der Waals surface area contributed by atoms with E-state index in [0.29, 0.717) is 12.8 Å². The van der Waals surface area contributed by atoms with Crippen molar-refractivity contribution in [2.45, 2.75) is 276 Å². The Morgan fingerprint density at radius 2 is 0.741 bits per heavy atom. The number of aliphatic hydroxyl groups excluding tert-OH is 3. The summed E-state index contributed by atoms with van der Waals surface area (Å²) in [5.74, 6) is -0.157. The molecule has 0 rings (SSSR count). The molecule has 3 unspecified atom stereocenters. The first-order valence-corrected chi connectivity index (χ1v) is 24.1. The summed E-state index contributed by atoms with van der Waals surface area (Å²) >= 11 is 0. The quantitative estimate of drug-likeness (QED) is 0.0368. The van der Waals surface area contributed by atoms with Crippen molar-refractivity contribution < 1.29 is 20.1 Å². The minimum atomic E-state index is -1.16. The molecule has 0 aliphatic rings. The van der Waals surface area contributed by atoms with Gasteiger partial charge < -0.3 is 20.6 Å². The van der Waals surface area contributed by atoms with Crippen LogP contribution < -0.4 is 5.32 Å². The van der Waals surface area contributed by atoms with Gasteiger partial charge in [0.2, 0.25) is 5.91 Å². The summed E-state index contributed by atoms with van der Waals surface area (Å²) in [5.41, 5.74) is 0. The minimum absolute atomic E-state index is 0.157. The summed E-state index contributed by atoms with van der Waals surface area (Å²) in [7, 11) is 0. The predicted molar refractivity (Wildman–Crippen MR) is 236 cm³/mol. The lowest BCUT2D eigenvalue weighted by Crippen LogP contribution is -2.50. The van der Waals surface area contributed by atoms with Crippen LogP contribution in [0.3, 0.4) is 0 Å². The van der Waals surface area contributed by atoms with Gasteiger partial charge in [0.1, 0.15) is 6.10 Å². The number of rotatable bonds is 44. The van der Waals surface area contributed by atoms with Crippen molar-refractivity contribution in [2.75, 3.05) is 6.61 Å². The Kier molecular flexibility index (Phi) is 43.6. The number of carbonyl (C=O) groups is 1. The highest BCUT2D eigenvalue weighted by atomic mass is 16.3. The maximum Gasteiger partial charge on any atom is 0.220 e. The lowest BCUT2D eigenvalue weighted by atomic mass is 10.0. The number of unbranched alkanes of at least 4 members (excludes halogenated alkanes) is 32. The first-order valence-electron chi connectivity index (χ1n) is 24.1. The van der Waals surface area contributed by atoms with Crippen molar-refractivity contribution in [3.63, 3.8) is 0 Å². The highest BCUT2D eigenvalue weighted by Crippen LogP contribution is 2.16. The Bertz CT molecular complexity index is 799. The van der Waals surface area contributed by atoms with E-state index in [9.17, 15) is 20.1 Å². The van der Waals surface area contributed by atoms with Gasteiger partial charge in [-0.2, -0.15) is 0 Å². The molecule has 0 saturated carbocycles. The molecule has 0 spiro atoms. The average Bonchev–Trinajstić information content (AvgIpc) is 3.18. The summed E-state index contributed by atoms with van der Waals surface area (Å²) < 4.78 is 0. The second-order valence-electron chi connectivity index (χ2n) is 16.7. The molecule has 0 aromatic heterocycles. The highest BCUT2D eigenvalue weighted by Gasteiger charge is 2.26. The van der Waals surface area contributed by atoms with Gasteiger partial charge in [0.15, 0.2) is 0 Å². The van der Waals surface area contributed by atoms with Gasteiger partial charge in [0.25, 0.3) is 0 Å². The summed E-state index contributed by atoms with van der Waals surface area (Å²) in [5, 5.41) is 33.6. The maximum absolute atomic E-state index is 12.4. The third-order valence-corrected chi connectivity index (χ3v) is 11.3. The fraction of sp³-hybridized carbons (Fsp3) is 0.898. The minimum Gasteiger partial charge on any atom is -0.394 e. The molecule has 54 heavy (non-hydrogen) atoms. The molecule has 0 radical (unpaired) electrons. The van der Waals surface area contributed by atoms with Crippen molar-refractivity contribution in [3.8, 4) is 0 Å². The predicted octanol–water partition coefficient (Wildman–Crippen LogP) is 14.2. The Morgan fingerprint density at radius 1 is 0.444 bits per heavy atom. The van der Waals surface area contributed by atoms with Gasteiger partial charge in [-0.3, -0.25) is 4.79 Å². The van der Waals surface area contributed by atoms with Crippen molar-refractivity contribution in [1.82, 2.24) is 5.32 Å². The first-order chi connectivity index (χ1) is 26.6. The van der Waals surface area contributed by atoms with E-state index in [4.69, 9.17) is 0 Å². The molecule has 0 bridgehead atoms. The van der Waals surface area contributed by atoms with Crippen molar-refractivity contribution in [2.24, 2.45) is 0 Å². The molecule has 1 amide bonds. The monoisotopic (exact) mass is 762 g/mol. The van der Waals surface area contributed by atoms with Crippen LogP contribution in [0.5, 0.6) is 0 Å². The molecule has 0 aliphatic carbocycles. The van der Waals surface area contributed by atoms with Gasteiger partial charge in [-0.15, -0.1) is 0 Å². The molecule has 0 aliphatic heterocycles. The molecule has 3 atom stereocenters. The zero-order chi connectivity index (χ0) is 39.4. The van der Waals surface area contributed by atoms with Crippen molar-refractivity contribution in [3.05, 3.63) is 24.3 Å². The fourth-order valence-electron chi connectivity index (χ4n) is 7.51. The van der Waals surface area contributed by atoms with Crippen molar-refractivity contribution in [1.29, 1.82) is 0 Å². The van der Waals surface area contributed by atoms with E-state index in [0.717, 1.165) is 38.5 Å². The normalized spacial score (nSPS) is 13.6. The molecule has 0 aromatic carbocycles. The second-order valence-corrected chi connectivity index (χ2v) is 16.7. The van der Waals surface area contributed by atoms with Gasteiger partial charge in [-0.05, 0) is 64.2 Å². The fourth-order valence-corrected chi connectivity index (χ4v) is 7.51. The number of aliphatic hydroxyl groups is 3. The van der Waals surface area contributed by atoms with E-state index in [1.54, 1.807) is 0 Å². The molecular formula is C49H95NO4. The number of hydrogen-bond acceptors (Lipinski definition) is 4. The largest absolute Gasteiger partial charge is 0.394 e. The Morgan fingerprint density at radius 3 is 1.07 bits per heavy atom. The first kappa shape index (κ1) is 52.8. The third kappa shape index (κ3) is 39.1. The lowest BCUT2D eigenvalue weighted by molar-refractivity contribution is -0.124. The van der Waals surface area contributed by atoms with Crippen LogP contribution in [0.2, 0.25) is 0 Å². The number of allylic oxidation sites excluding steroid dienone is 4. The molecule has 5 nitrogen and oxygen atoms in total. The standard InChI is InChI=1S/C49H95NO4/c1-3-5-7-9-11-13-15-17-19-21-22-23-24-25-26-28-29-31-33-35-37-39-41-43-47(52)49(54)46(45-51)50-48(53)44-42-40-38-36-34-32-30-27-20-18-16-14-12-10-8-6-4-2/h18,20,35,37,46-47,49,51-52,54H,3-17,19,21-34,36,38-45H2,1-2H3,(H,50,53)/b20-18-,37-35+. The molecule has 0 fully saturated rings. The molecule has 320 valence electrons. The van der Waals surface area contributed by atoms with Gasteiger partial charge in [-0.25, -0.2) is 0 Å². The van der Waals surface area contributed by atoms with Gasteiger partial charge in [0.05, 0.1) is 18.8 Å². The van der Waals surface area contributed by atoms with Crippen LogP contribution in [0.1, 0.15) is 258 Å². The van der Waals surface area contributed by atoms with Crippen LogP contribution in [0.4, 0.5) is 0 Å². The van der Waals surface area contributed by atoms with E-state index in [1.165, 1.54) is 193 Å². The number of nitrogens with one attached hydrogen (secondary N) is 1. The Hall–Kier alpha value is -1.17. The van der Waals surface area contributed by atoms with Gasteiger partial charge in [0, 0.05) is 6.42 Å². The topological polar surface area (TPSA) is 89.8 Å². The van der Waals surface area contributed by atoms with Crippen LogP contribution in [-0.2, 0) is 4.79 Å². The average molecular weight is 762 g/mol. The molecule has 0 saturated heterocycles. The van der Waals surface area contributed by atoms with Crippen LogP contribution in [0, 0.1) is 0 Å². The van der Waals surface area contributed by atoms with E-state index < -0.39 is 18.2 Å². The summed E-state index contributed by atoms with van der Waals surface area (Å²) in [6.07, 6.45) is 54.4. The van der Waals surface area contributed by atoms with Crippen LogP contribution in [-0.4, -0.2) is 46.1 Å². The lowest BCUT2D eigenvalue weighted by Gasteiger charge is -2.26. The smallest absolute Gasteiger partial charge is 0.220 e. The second kappa shape index (κ2) is 44.5. The van der Waals surface area contributed by atoms with Crippen molar-refractivity contribution >= 4 is 5.91 Å². The van der Waals surface area contributed by atoms with E-state index in [1.807, 2.05) is 0 Å². The number of carbonyl (C=O) groups excluding carboxylic acids is 1. The molecular weight excluding hydrogens is 667 g/mol. The number of amides is 1. The molecule has 4 N–H and O–H groups in total. The van der Waals surface area contributed by atoms with E-state index in [2.05, 4.69) is 43.5 Å². The third-order valence-electron chi connectivity index (χ3n) is 11.3.